The Labute approximate surface area is 146 Å². The summed E-state index contributed by atoms with van der Waals surface area (Å²) in [5, 5.41) is 0. The first-order valence-electron chi connectivity index (χ1n) is 8.33. The van der Waals surface area contributed by atoms with Gasteiger partial charge in [0.05, 0.1) is 5.56 Å². The summed E-state index contributed by atoms with van der Waals surface area (Å²) >= 11 is 0. The quantitative estimate of drug-likeness (QED) is 0.490. The van der Waals surface area contributed by atoms with Crippen LogP contribution in [0.4, 0.5) is 0 Å². The summed E-state index contributed by atoms with van der Waals surface area (Å²) in [7, 11) is 0. The number of epoxide rings is 1. The van der Waals surface area contributed by atoms with Crippen molar-refractivity contribution < 1.29 is 14.3 Å². The fourth-order valence-corrected chi connectivity index (χ4v) is 2.89. The van der Waals surface area contributed by atoms with Crippen LogP contribution < -0.4 is 4.74 Å². The third-order valence-electron chi connectivity index (χ3n) is 4.27. The fourth-order valence-electron chi connectivity index (χ4n) is 2.89. The number of benzene rings is 3. The number of hydrogen-bond donors (Lipinski definition) is 0. The molecule has 0 bridgehead atoms. The Morgan fingerprint density at radius 1 is 0.840 bits per heavy atom. The molecule has 2 atom stereocenters. The van der Waals surface area contributed by atoms with Gasteiger partial charge in [-0.2, -0.15) is 0 Å². The van der Waals surface area contributed by atoms with Crippen LogP contribution >= 0.6 is 0 Å². The highest BCUT2D eigenvalue weighted by Gasteiger charge is 2.46. The second-order valence-corrected chi connectivity index (χ2v) is 6.02. The van der Waals surface area contributed by atoms with E-state index in [1.807, 2.05) is 78.9 Å². The van der Waals surface area contributed by atoms with Gasteiger partial charge in [-0.05, 0) is 23.3 Å². The monoisotopic (exact) mass is 330 g/mol. The van der Waals surface area contributed by atoms with Crippen molar-refractivity contribution in [2.75, 3.05) is 0 Å². The maximum Gasteiger partial charge on any atom is 0.198 e. The number of hydrogen-bond acceptors (Lipinski definition) is 3. The summed E-state index contributed by atoms with van der Waals surface area (Å²) in [5.74, 6) is 0.566. The Balaban J connectivity index is 1.48. The predicted octanol–water partition coefficient (Wildman–Crippen LogP) is 4.59. The minimum Gasteiger partial charge on any atom is -0.488 e. The first-order valence-corrected chi connectivity index (χ1v) is 8.33. The number of rotatable bonds is 6. The molecule has 4 rings (SSSR count). The smallest absolute Gasteiger partial charge is 0.198 e. The number of carbonyl (C=O) groups excluding carboxylic acids is 1. The van der Waals surface area contributed by atoms with E-state index >= 15 is 0 Å². The Bertz CT molecular complexity index is 859. The van der Waals surface area contributed by atoms with Gasteiger partial charge in [-0.25, -0.2) is 0 Å². The summed E-state index contributed by atoms with van der Waals surface area (Å²) < 4.78 is 11.5. The Kier molecular flexibility index (Phi) is 4.32. The van der Waals surface area contributed by atoms with E-state index in [0.717, 1.165) is 11.1 Å². The maximum atomic E-state index is 12.8. The molecule has 0 N–H and O–H groups in total. The SMILES string of the molecule is O=C(c1ccccc1OCc1ccccc1)[C@@H]1O[C@H]1c1ccccc1. The van der Waals surface area contributed by atoms with Crippen LogP contribution in [0.2, 0.25) is 0 Å². The Morgan fingerprint density at radius 3 is 2.24 bits per heavy atom. The lowest BCUT2D eigenvalue weighted by Crippen LogP contribution is -2.10. The normalized spacial score (nSPS) is 18.6. The van der Waals surface area contributed by atoms with E-state index in [-0.39, 0.29) is 11.9 Å². The van der Waals surface area contributed by atoms with Gasteiger partial charge < -0.3 is 9.47 Å². The Hall–Kier alpha value is -2.91. The molecule has 25 heavy (non-hydrogen) atoms. The van der Waals surface area contributed by atoms with Crippen LogP contribution in [0.15, 0.2) is 84.9 Å². The highest BCUT2D eigenvalue weighted by Crippen LogP contribution is 2.41. The van der Waals surface area contributed by atoms with E-state index in [1.165, 1.54) is 0 Å². The van der Waals surface area contributed by atoms with E-state index in [0.29, 0.717) is 17.9 Å². The number of carbonyl (C=O) groups is 1. The van der Waals surface area contributed by atoms with Gasteiger partial charge in [0.15, 0.2) is 11.9 Å². The molecule has 1 heterocycles. The standard InChI is InChI=1S/C22H18O3/c23-20(22-21(25-22)17-11-5-2-6-12-17)18-13-7-8-14-19(18)24-15-16-9-3-1-4-10-16/h1-14,21-22H,15H2/t21-,22-/m0/s1. The molecule has 0 saturated carbocycles. The molecule has 0 unspecified atom stereocenters. The predicted molar refractivity (Wildman–Crippen MR) is 95.6 cm³/mol. The molecule has 1 aliphatic heterocycles. The molecule has 3 aromatic rings. The molecule has 124 valence electrons. The van der Waals surface area contributed by atoms with Crippen molar-refractivity contribution in [2.45, 2.75) is 18.8 Å². The van der Waals surface area contributed by atoms with Gasteiger partial charge in [-0.1, -0.05) is 72.8 Å². The number of para-hydroxylation sites is 1. The van der Waals surface area contributed by atoms with Crippen molar-refractivity contribution in [3.05, 3.63) is 102 Å². The summed E-state index contributed by atoms with van der Waals surface area (Å²) in [6, 6.07) is 27.1. The van der Waals surface area contributed by atoms with Gasteiger partial charge >= 0.3 is 0 Å². The average molecular weight is 330 g/mol. The lowest BCUT2D eigenvalue weighted by atomic mass is 10.0. The van der Waals surface area contributed by atoms with Crippen molar-refractivity contribution in [3.8, 4) is 5.75 Å². The molecule has 3 nitrogen and oxygen atoms in total. The third-order valence-corrected chi connectivity index (χ3v) is 4.27. The Morgan fingerprint density at radius 2 is 1.48 bits per heavy atom. The zero-order valence-electron chi connectivity index (χ0n) is 13.7. The molecule has 3 heteroatoms. The van der Waals surface area contributed by atoms with Crippen LogP contribution in [0.1, 0.15) is 27.6 Å². The summed E-state index contributed by atoms with van der Waals surface area (Å²) in [5.41, 5.74) is 2.67. The fraction of sp³-hybridized carbons (Fsp3) is 0.136. The first-order chi connectivity index (χ1) is 12.3. The summed E-state index contributed by atoms with van der Waals surface area (Å²) in [4.78, 5) is 12.8. The van der Waals surface area contributed by atoms with Gasteiger partial charge in [0.1, 0.15) is 18.5 Å². The van der Waals surface area contributed by atoms with Crippen molar-refractivity contribution >= 4 is 5.78 Å². The lowest BCUT2D eigenvalue weighted by Gasteiger charge is -2.10. The lowest BCUT2D eigenvalue weighted by molar-refractivity contribution is 0.0949. The molecule has 0 amide bonds. The van der Waals surface area contributed by atoms with Gasteiger partial charge in [0, 0.05) is 0 Å². The van der Waals surface area contributed by atoms with Gasteiger partial charge in [0.25, 0.3) is 0 Å². The third kappa shape index (κ3) is 3.47. The zero-order valence-corrected chi connectivity index (χ0v) is 13.7. The number of ketones is 1. The molecular formula is C22H18O3. The topological polar surface area (TPSA) is 38.8 Å². The van der Waals surface area contributed by atoms with Crippen LogP contribution in [0.25, 0.3) is 0 Å². The minimum absolute atomic E-state index is 0.0301. The highest BCUT2D eigenvalue weighted by atomic mass is 16.6. The van der Waals surface area contributed by atoms with Gasteiger partial charge in [-0.15, -0.1) is 0 Å². The summed E-state index contributed by atoms with van der Waals surface area (Å²) in [6.07, 6.45) is -0.584. The molecule has 0 radical (unpaired) electrons. The highest BCUT2D eigenvalue weighted by molar-refractivity contribution is 6.03. The van der Waals surface area contributed by atoms with E-state index < -0.39 is 6.10 Å². The van der Waals surface area contributed by atoms with Crippen molar-refractivity contribution in [2.24, 2.45) is 0 Å². The molecule has 1 aliphatic rings. The van der Waals surface area contributed by atoms with E-state index in [4.69, 9.17) is 9.47 Å². The molecule has 0 aromatic heterocycles. The van der Waals surface area contributed by atoms with Gasteiger partial charge in [0.2, 0.25) is 0 Å². The zero-order chi connectivity index (χ0) is 17.1. The van der Waals surface area contributed by atoms with Gasteiger partial charge in [-0.3, -0.25) is 4.79 Å². The second-order valence-electron chi connectivity index (χ2n) is 6.02. The molecule has 0 spiro atoms. The van der Waals surface area contributed by atoms with Crippen LogP contribution in [-0.4, -0.2) is 11.9 Å². The van der Waals surface area contributed by atoms with E-state index in [9.17, 15) is 4.79 Å². The molecular weight excluding hydrogens is 312 g/mol. The van der Waals surface area contributed by atoms with E-state index in [2.05, 4.69) is 0 Å². The van der Waals surface area contributed by atoms with Crippen LogP contribution in [0.5, 0.6) is 5.75 Å². The van der Waals surface area contributed by atoms with E-state index in [1.54, 1.807) is 6.07 Å². The molecule has 1 fully saturated rings. The minimum atomic E-state index is -0.427. The number of Topliss-reactive ketones (excluding diaryl/α,β-unsaturated/α-hetero) is 1. The number of ether oxygens (including phenoxy) is 2. The molecule has 0 aliphatic carbocycles. The van der Waals surface area contributed by atoms with Crippen molar-refractivity contribution in [1.82, 2.24) is 0 Å². The van der Waals surface area contributed by atoms with Crippen LogP contribution in [-0.2, 0) is 11.3 Å². The molecule has 1 saturated heterocycles. The van der Waals surface area contributed by atoms with Crippen LogP contribution in [0, 0.1) is 0 Å². The first kappa shape index (κ1) is 15.6. The molecule has 3 aromatic carbocycles. The largest absolute Gasteiger partial charge is 0.488 e. The second kappa shape index (κ2) is 6.91. The maximum absolute atomic E-state index is 12.8. The summed E-state index contributed by atoms with van der Waals surface area (Å²) in [6.45, 7) is 0.429. The van der Waals surface area contributed by atoms with Crippen molar-refractivity contribution in [3.63, 3.8) is 0 Å². The van der Waals surface area contributed by atoms with Crippen LogP contribution in [0.3, 0.4) is 0 Å². The van der Waals surface area contributed by atoms with Crippen molar-refractivity contribution in [1.29, 1.82) is 0 Å². The average Bonchev–Trinajstić information content (AvgIpc) is 3.48.